The quantitative estimate of drug-likeness (QED) is 0.475. The molecule has 6 heteroatoms. The van der Waals surface area contributed by atoms with Crippen molar-refractivity contribution in [3.8, 4) is 0 Å². The third-order valence-electron chi connectivity index (χ3n) is 2.17. The van der Waals surface area contributed by atoms with Gasteiger partial charge in [-0.05, 0) is 12.5 Å². The first-order valence-corrected chi connectivity index (χ1v) is 6.94. The summed E-state index contributed by atoms with van der Waals surface area (Å²) in [6.07, 6.45) is 5.78. The fourth-order valence-corrected chi connectivity index (χ4v) is 2.00. The monoisotopic (exact) mass is 299 g/mol. The van der Waals surface area contributed by atoms with E-state index in [1.54, 1.807) is 12.1 Å². The van der Waals surface area contributed by atoms with Gasteiger partial charge in [0.1, 0.15) is 5.15 Å². The van der Waals surface area contributed by atoms with Crippen molar-refractivity contribution < 1.29 is 14.3 Å². The minimum atomic E-state index is -0.453. The molecule has 0 unspecified atom stereocenters. The van der Waals surface area contributed by atoms with E-state index < -0.39 is 5.97 Å². The van der Waals surface area contributed by atoms with E-state index in [0.717, 1.165) is 6.42 Å². The Labute approximate surface area is 121 Å². The van der Waals surface area contributed by atoms with Gasteiger partial charge < -0.3 is 4.74 Å². The largest absolute Gasteiger partial charge is 0.465 e. The molecule has 0 fully saturated rings. The van der Waals surface area contributed by atoms with Crippen molar-refractivity contribution in [3.63, 3.8) is 0 Å². The average molecular weight is 300 g/mol. The molecular weight excluding hydrogens is 286 g/mol. The Balaban J connectivity index is 2.69. The van der Waals surface area contributed by atoms with Crippen molar-refractivity contribution in [1.29, 1.82) is 0 Å². The van der Waals surface area contributed by atoms with Gasteiger partial charge in [-0.15, -0.1) is 0 Å². The Bertz CT molecular complexity index is 503. The Hall–Kier alpha value is -1.33. The van der Waals surface area contributed by atoms with Crippen LogP contribution in [0.1, 0.15) is 29.3 Å². The van der Waals surface area contributed by atoms with Crippen LogP contribution in [0.4, 0.5) is 0 Å². The Morgan fingerprint density at radius 3 is 2.89 bits per heavy atom. The molecule has 0 saturated heterocycles. The third kappa shape index (κ3) is 5.44. The van der Waals surface area contributed by atoms with Crippen LogP contribution in [-0.4, -0.2) is 28.9 Å². The number of methoxy groups -OCH3 is 1. The van der Waals surface area contributed by atoms with Crippen molar-refractivity contribution in [3.05, 3.63) is 34.6 Å². The summed E-state index contributed by atoms with van der Waals surface area (Å²) in [7, 11) is 1.31. The normalized spacial score (nSPS) is 10.7. The third-order valence-corrected chi connectivity index (χ3v) is 3.34. The molecule has 1 heterocycles. The molecule has 0 amide bonds. The first-order chi connectivity index (χ1) is 9.04. The number of esters is 1. The van der Waals surface area contributed by atoms with Gasteiger partial charge in [-0.25, -0.2) is 9.78 Å². The highest BCUT2D eigenvalue weighted by Gasteiger charge is 2.08. The number of pyridine rings is 1. The second-order valence-electron chi connectivity index (χ2n) is 3.63. The molecule has 19 heavy (non-hydrogen) atoms. The number of hydrogen-bond donors (Lipinski definition) is 0. The molecule has 0 aliphatic rings. The van der Waals surface area contributed by atoms with Gasteiger partial charge >= 0.3 is 5.97 Å². The number of hydrogen-bond acceptors (Lipinski definition) is 5. The number of carbonyl (C=O) groups is 2. The first-order valence-electron chi connectivity index (χ1n) is 5.58. The Morgan fingerprint density at radius 2 is 2.26 bits per heavy atom. The number of rotatable bonds is 5. The lowest BCUT2D eigenvalue weighted by Crippen LogP contribution is -2.02. The van der Waals surface area contributed by atoms with Gasteiger partial charge in [-0.3, -0.25) is 4.79 Å². The standard InChI is InChI=1S/C13H14ClNO3S/c1-9(16)19-6-4-3-5-10-7-11(13(17)18-2)8-15-12(10)14/h3,5,7-8H,4,6H2,1-2H3. The number of thioether (sulfide) groups is 1. The molecule has 0 atom stereocenters. The minimum Gasteiger partial charge on any atom is -0.465 e. The fourth-order valence-electron chi connectivity index (χ4n) is 1.29. The van der Waals surface area contributed by atoms with E-state index in [4.69, 9.17) is 11.6 Å². The molecule has 0 spiro atoms. The van der Waals surface area contributed by atoms with Crippen LogP contribution >= 0.6 is 23.4 Å². The number of allylic oxidation sites excluding steroid dienone is 1. The maximum absolute atomic E-state index is 11.4. The van der Waals surface area contributed by atoms with E-state index in [0.29, 0.717) is 22.0 Å². The summed E-state index contributed by atoms with van der Waals surface area (Å²) in [4.78, 5) is 26.0. The van der Waals surface area contributed by atoms with Gasteiger partial charge in [0.2, 0.25) is 0 Å². The summed E-state index contributed by atoms with van der Waals surface area (Å²) in [5.74, 6) is 0.263. The summed E-state index contributed by atoms with van der Waals surface area (Å²) < 4.78 is 4.61. The highest BCUT2D eigenvalue weighted by molar-refractivity contribution is 8.13. The number of nitrogens with zero attached hydrogens (tertiary/aromatic N) is 1. The lowest BCUT2D eigenvalue weighted by atomic mass is 10.2. The van der Waals surface area contributed by atoms with E-state index in [-0.39, 0.29) is 5.12 Å². The molecule has 0 bridgehead atoms. The van der Waals surface area contributed by atoms with Crippen molar-refractivity contribution >= 4 is 40.5 Å². The molecule has 0 aliphatic heterocycles. The van der Waals surface area contributed by atoms with Crippen molar-refractivity contribution in [2.75, 3.05) is 12.9 Å². The zero-order chi connectivity index (χ0) is 14.3. The molecule has 0 aliphatic carbocycles. The van der Waals surface area contributed by atoms with Crippen LogP contribution in [-0.2, 0) is 9.53 Å². The van der Waals surface area contributed by atoms with Gasteiger partial charge in [-0.2, -0.15) is 0 Å². The highest BCUT2D eigenvalue weighted by atomic mass is 35.5. The molecule has 0 saturated carbocycles. The Kier molecular flexibility index (Phi) is 6.59. The highest BCUT2D eigenvalue weighted by Crippen LogP contribution is 2.17. The fraction of sp³-hybridized carbons (Fsp3) is 0.308. The molecular formula is C13H14ClNO3S. The van der Waals surface area contributed by atoms with Crippen LogP contribution in [0.3, 0.4) is 0 Å². The molecule has 0 radical (unpaired) electrons. The van der Waals surface area contributed by atoms with Gasteiger partial charge in [0.15, 0.2) is 5.12 Å². The SMILES string of the molecule is COC(=O)c1cnc(Cl)c(C=CCCSC(C)=O)c1. The van der Waals surface area contributed by atoms with Crippen molar-refractivity contribution in [1.82, 2.24) is 4.98 Å². The lowest BCUT2D eigenvalue weighted by molar-refractivity contribution is -0.109. The maximum atomic E-state index is 11.4. The first kappa shape index (κ1) is 15.7. The molecule has 0 aromatic carbocycles. The summed E-state index contributed by atoms with van der Waals surface area (Å²) in [5.41, 5.74) is 1.00. The number of aromatic nitrogens is 1. The second-order valence-corrected chi connectivity index (χ2v) is 5.26. The molecule has 1 rings (SSSR count). The van der Waals surface area contributed by atoms with Crippen LogP contribution in [0, 0.1) is 0 Å². The molecule has 1 aromatic rings. The minimum absolute atomic E-state index is 0.0980. The molecule has 0 N–H and O–H groups in total. The molecule has 102 valence electrons. The van der Waals surface area contributed by atoms with Crippen molar-refractivity contribution in [2.24, 2.45) is 0 Å². The Morgan fingerprint density at radius 1 is 1.53 bits per heavy atom. The zero-order valence-corrected chi connectivity index (χ0v) is 12.3. The predicted molar refractivity (Wildman–Crippen MR) is 77.4 cm³/mol. The van der Waals surface area contributed by atoms with Gasteiger partial charge in [0.25, 0.3) is 0 Å². The van der Waals surface area contributed by atoms with Gasteiger partial charge in [-0.1, -0.05) is 35.5 Å². The van der Waals surface area contributed by atoms with Crippen LogP contribution in [0.25, 0.3) is 6.08 Å². The second kappa shape index (κ2) is 7.96. The number of carbonyl (C=O) groups excluding carboxylic acids is 2. The summed E-state index contributed by atoms with van der Waals surface area (Å²) in [6.45, 7) is 1.54. The van der Waals surface area contributed by atoms with E-state index >= 15 is 0 Å². The van der Waals surface area contributed by atoms with Crippen molar-refractivity contribution in [2.45, 2.75) is 13.3 Å². The van der Waals surface area contributed by atoms with Crippen LogP contribution < -0.4 is 0 Å². The zero-order valence-electron chi connectivity index (χ0n) is 10.7. The van der Waals surface area contributed by atoms with Crippen LogP contribution in [0.2, 0.25) is 5.15 Å². The van der Waals surface area contributed by atoms with E-state index in [1.165, 1.54) is 32.0 Å². The van der Waals surface area contributed by atoms with E-state index in [1.807, 2.05) is 6.08 Å². The number of halogens is 1. The summed E-state index contributed by atoms with van der Waals surface area (Å²) in [5, 5.41) is 0.420. The lowest BCUT2D eigenvalue weighted by Gasteiger charge is -2.02. The van der Waals surface area contributed by atoms with Crippen LogP contribution in [0.5, 0.6) is 0 Å². The smallest absolute Gasteiger partial charge is 0.339 e. The van der Waals surface area contributed by atoms with E-state index in [2.05, 4.69) is 9.72 Å². The van der Waals surface area contributed by atoms with Gasteiger partial charge in [0.05, 0.1) is 12.7 Å². The summed E-state index contributed by atoms with van der Waals surface area (Å²) in [6, 6.07) is 1.62. The summed E-state index contributed by atoms with van der Waals surface area (Å²) >= 11 is 7.20. The topological polar surface area (TPSA) is 56.3 Å². The molecule has 1 aromatic heterocycles. The van der Waals surface area contributed by atoms with Gasteiger partial charge in [0, 0.05) is 24.4 Å². The average Bonchev–Trinajstić information content (AvgIpc) is 2.39. The van der Waals surface area contributed by atoms with Crippen LogP contribution in [0.15, 0.2) is 18.3 Å². The predicted octanol–water partition coefficient (Wildman–Crippen LogP) is 3.20. The number of ether oxygens (including phenoxy) is 1. The van der Waals surface area contributed by atoms with E-state index in [9.17, 15) is 9.59 Å². The maximum Gasteiger partial charge on any atom is 0.339 e. The molecule has 4 nitrogen and oxygen atoms in total.